The summed E-state index contributed by atoms with van der Waals surface area (Å²) in [5.41, 5.74) is 0.362. The maximum atomic E-state index is 12.2. The van der Waals surface area contributed by atoms with Crippen molar-refractivity contribution in [2.24, 2.45) is 0 Å². The summed E-state index contributed by atoms with van der Waals surface area (Å²) in [4.78, 5) is 35.8. The number of ether oxygens (including phenoxy) is 3. The van der Waals surface area contributed by atoms with E-state index < -0.39 is 40.6 Å². The molecule has 0 spiro atoms. The maximum Gasteiger partial charge on any atom is 0.325 e. The van der Waals surface area contributed by atoms with E-state index >= 15 is 0 Å². The van der Waals surface area contributed by atoms with E-state index in [1.165, 1.54) is 31.2 Å². The molecule has 1 heterocycles. The van der Waals surface area contributed by atoms with Gasteiger partial charge >= 0.3 is 12.0 Å². The summed E-state index contributed by atoms with van der Waals surface area (Å²) in [6.45, 7) is 1.31. The Labute approximate surface area is 184 Å². The van der Waals surface area contributed by atoms with E-state index in [2.05, 4.69) is 10.0 Å². The van der Waals surface area contributed by atoms with E-state index in [9.17, 15) is 22.8 Å². The lowest BCUT2D eigenvalue weighted by atomic mass is 10.2. The summed E-state index contributed by atoms with van der Waals surface area (Å²) in [6.07, 6.45) is 0. The number of imide groups is 1. The molecule has 1 atom stereocenters. The van der Waals surface area contributed by atoms with E-state index in [0.29, 0.717) is 30.4 Å². The molecule has 3 N–H and O–H groups in total. The van der Waals surface area contributed by atoms with Gasteiger partial charge in [0.25, 0.3) is 5.91 Å². The first-order valence-corrected chi connectivity index (χ1v) is 11.0. The third kappa shape index (κ3) is 6.18. The Morgan fingerprint density at radius 1 is 1.03 bits per heavy atom. The Kier molecular flexibility index (Phi) is 7.28. The molecule has 0 aliphatic carbocycles. The molecule has 0 saturated heterocycles. The highest BCUT2D eigenvalue weighted by Gasteiger charge is 2.24. The van der Waals surface area contributed by atoms with Crippen molar-refractivity contribution in [3.05, 3.63) is 48.5 Å². The van der Waals surface area contributed by atoms with E-state index in [0.717, 1.165) is 0 Å². The van der Waals surface area contributed by atoms with Crippen LogP contribution in [-0.2, 0) is 24.3 Å². The number of rotatable bonds is 7. The fraction of sp³-hybridized carbons (Fsp3) is 0.250. The minimum absolute atomic E-state index is 0.0202. The molecular weight excluding hydrogens is 442 g/mol. The summed E-state index contributed by atoms with van der Waals surface area (Å²) >= 11 is 0. The van der Waals surface area contributed by atoms with Gasteiger partial charge in [0.1, 0.15) is 19.3 Å². The molecule has 32 heavy (non-hydrogen) atoms. The third-order valence-corrected chi connectivity index (χ3v) is 5.69. The monoisotopic (exact) mass is 463 g/mol. The van der Waals surface area contributed by atoms with Gasteiger partial charge in [-0.3, -0.25) is 14.9 Å². The molecule has 0 bridgehead atoms. The molecule has 0 radical (unpaired) electrons. The lowest BCUT2D eigenvalue weighted by Gasteiger charge is -2.19. The Morgan fingerprint density at radius 2 is 1.72 bits per heavy atom. The van der Waals surface area contributed by atoms with Crippen LogP contribution in [0.2, 0.25) is 0 Å². The Bertz CT molecular complexity index is 1110. The molecule has 11 nitrogen and oxygen atoms in total. The minimum Gasteiger partial charge on any atom is -0.486 e. The minimum atomic E-state index is -3.94. The number of esters is 1. The van der Waals surface area contributed by atoms with Gasteiger partial charge in [-0.05, 0) is 31.2 Å². The van der Waals surface area contributed by atoms with Gasteiger partial charge < -0.3 is 19.5 Å². The quantitative estimate of drug-likeness (QED) is 0.515. The van der Waals surface area contributed by atoms with Gasteiger partial charge in [-0.2, -0.15) is 4.72 Å². The molecule has 3 rings (SSSR count). The number of sulfonamides is 1. The zero-order valence-electron chi connectivity index (χ0n) is 17.0. The van der Waals surface area contributed by atoms with E-state index in [1.54, 1.807) is 24.3 Å². The van der Waals surface area contributed by atoms with E-state index in [1.807, 2.05) is 5.32 Å². The van der Waals surface area contributed by atoms with E-state index in [4.69, 9.17) is 14.2 Å². The number of amides is 3. The number of urea groups is 1. The molecule has 0 saturated carbocycles. The Morgan fingerprint density at radius 3 is 2.44 bits per heavy atom. The standard InChI is InChI=1S/C20H21N3O8S/c1-13(23-32(27,28)15-5-3-2-4-6-15)19(25)31-12-18(24)22-20(26)21-14-7-8-16-17(11-14)30-10-9-29-16/h2-8,11,13,23H,9-10,12H2,1H3,(H2,21,22,24,26)/t13-/m0/s1. The summed E-state index contributed by atoms with van der Waals surface area (Å²) in [7, 11) is -3.94. The molecule has 0 fully saturated rings. The molecule has 1 aliphatic heterocycles. The average Bonchev–Trinajstić information content (AvgIpc) is 2.77. The molecule has 0 unspecified atom stereocenters. The smallest absolute Gasteiger partial charge is 0.325 e. The first-order chi connectivity index (χ1) is 15.2. The summed E-state index contributed by atoms with van der Waals surface area (Å²) in [6, 6.07) is 10.1. The van der Waals surface area contributed by atoms with Gasteiger partial charge in [0.15, 0.2) is 18.1 Å². The van der Waals surface area contributed by atoms with Crippen molar-refractivity contribution in [3.8, 4) is 11.5 Å². The van der Waals surface area contributed by atoms with Crippen LogP contribution in [0.1, 0.15) is 6.92 Å². The summed E-state index contributed by atoms with van der Waals surface area (Å²) in [5, 5.41) is 4.44. The van der Waals surface area contributed by atoms with Crippen molar-refractivity contribution < 1.29 is 37.0 Å². The van der Waals surface area contributed by atoms with Gasteiger partial charge in [0.2, 0.25) is 10.0 Å². The number of carbonyl (C=O) groups excluding carboxylic acids is 3. The van der Waals surface area contributed by atoms with Crippen molar-refractivity contribution in [2.45, 2.75) is 17.9 Å². The summed E-state index contributed by atoms with van der Waals surface area (Å²) in [5.74, 6) is -0.873. The van der Waals surface area contributed by atoms with Gasteiger partial charge in [0.05, 0.1) is 4.90 Å². The molecule has 1 aliphatic rings. The topological polar surface area (TPSA) is 149 Å². The SMILES string of the molecule is C[C@H](NS(=O)(=O)c1ccccc1)C(=O)OCC(=O)NC(=O)Nc1ccc2c(c1)OCCO2. The third-order valence-electron chi connectivity index (χ3n) is 4.14. The second-order valence-corrected chi connectivity index (χ2v) is 8.34. The van der Waals surface area contributed by atoms with Crippen LogP contribution >= 0.6 is 0 Å². The van der Waals surface area contributed by atoms with Crippen LogP contribution in [0.25, 0.3) is 0 Å². The normalized spacial score (nSPS) is 13.5. The highest BCUT2D eigenvalue weighted by molar-refractivity contribution is 7.89. The highest BCUT2D eigenvalue weighted by atomic mass is 32.2. The Balaban J connectivity index is 1.44. The molecule has 12 heteroatoms. The van der Waals surface area contributed by atoms with Crippen molar-refractivity contribution in [3.63, 3.8) is 0 Å². The molecule has 2 aromatic rings. The van der Waals surface area contributed by atoms with Gasteiger partial charge in [0, 0.05) is 11.8 Å². The molecular formula is C20H21N3O8S. The van der Waals surface area contributed by atoms with Crippen LogP contribution in [-0.4, -0.2) is 52.2 Å². The number of benzene rings is 2. The van der Waals surface area contributed by atoms with Gasteiger partial charge in [-0.25, -0.2) is 13.2 Å². The maximum absolute atomic E-state index is 12.2. The lowest BCUT2D eigenvalue weighted by Crippen LogP contribution is -2.42. The second-order valence-electron chi connectivity index (χ2n) is 6.62. The van der Waals surface area contributed by atoms with Crippen LogP contribution in [0.15, 0.2) is 53.4 Å². The summed E-state index contributed by atoms with van der Waals surface area (Å²) < 4.78 is 42.2. The van der Waals surface area contributed by atoms with Crippen LogP contribution in [0.3, 0.4) is 0 Å². The largest absolute Gasteiger partial charge is 0.486 e. The molecule has 170 valence electrons. The van der Waals surface area contributed by atoms with Crippen LogP contribution < -0.4 is 24.8 Å². The number of anilines is 1. The van der Waals surface area contributed by atoms with Gasteiger partial charge in [-0.1, -0.05) is 18.2 Å². The molecule has 2 aromatic carbocycles. The van der Waals surface area contributed by atoms with Crippen molar-refractivity contribution in [2.75, 3.05) is 25.1 Å². The number of hydrogen-bond acceptors (Lipinski definition) is 8. The first kappa shape index (κ1) is 23.0. The number of nitrogens with one attached hydrogen (secondary N) is 3. The lowest BCUT2D eigenvalue weighted by molar-refractivity contribution is -0.149. The highest BCUT2D eigenvalue weighted by Crippen LogP contribution is 2.32. The van der Waals surface area contributed by atoms with Crippen LogP contribution in [0.5, 0.6) is 11.5 Å². The fourth-order valence-electron chi connectivity index (χ4n) is 2.66. The van der Waals surface area contributed by atoms with Gasteiger partial charge in [-0.15, -0.1) is 0 Å². The zero-order valence-corrected chi connectivity index (χ0v) is 17.8. The number of hydrogen-bond donors (Lipinski definition) is 3. The van der Waals surface area contributed by atoms with Crippen molar-refractivity contribution >= 4 is 33.6 Å². The van der Waals surface area contributed by atoms with Crippen LogP contribution in [0.4, 0.5) is 10.5 Å². The Hall–Kier alpha value is -3.64. The predicted octanol–water partition coefficient (Wildman–Crippen LogP) is 1.02. The van der Waals surface area contributed by atoms with E-state index in [-0.39, 0.29) is 4.90 Å². The zero-order chi connectivity index (χ0) is 23.1. The second kappa shape index (κ2) is 10.1. The predicted molar refractivity (Wildman–Crippen MR) is 112 cm³/mol. The van der Waals surface area contributed by atoms with Crippen molar-refractivity contribution in [1.82, 2.24) is 10.0 Å². The first-order valence-electron chi connectivity index (χ1n) is 9.49. The number of fused-ring (bicyclic) bond motifs is 1. The molecule has 0 aromatic heterocycles. The average molecular weight is 463 g/mol. The number of carbonyl (C=O) groups is 3. The fourth-order valence-corrected chi connectivity index (χ4v) is 3.87. The molecule has 3 amide bonds. The van der Waals surface area contributed by atoms with Crippen LogP contribution in [0, 0.1) is 0 Å². The van der Waals surface area contributed by atoms with Crippen molar-refractivity contribution in [1.29, 1.82) is 0 Å².